The Morgan fingerprint density at radius 1 is 1.33 bits per heavy atom. The number of hydrogen-bond donors (Lipinski definition) is 1. The molecule has 1 N–H and O–H groups in total. The highest BCUT2D eigenvalue weighted by Gasteiger charge is 2.02. The average molecular weight is 265 g/mol. The first-order chi connectivity index (χ1) is 7.20. The molecular formula is C12H13BrN2. The number of benzene rings is 1. The molecule has 1 aromatic heterocycles. The third-order valence-electron chi connectivity index (χ3n) is 2.25. The Morgan fingerprint density at radius 2 is 2.13 bits per heavy atom. The minimum atomic E-state index is 0.891. The fraction of sp³-hybridized carbons (Fsp3) is 0.250. The summed E-state index contributed by atoms with van der Waals surface area (Å²) in [6.45, 7) is 5.04. The number of aryl methyl sites for hydroxylation is 1. The summed E-state index contributed by atoms with van der Waals surface area (Å²) in [5.41, 5.74) is 2.26. The summed E-state index contributed by atoms with van der Waals surface area (Å²) in [7, 11) is 0. The standard InChI is InChI=1S/C12H13BrN2/c1-3-14-11-5-4-9-6-8(2)7-10(13)12(9)15-11/h4-7H,3H2,1-2H3,(H,14,15). The van der Waals surface area contributed by atoms with Gasteiger partial charge in [0, 0.05) is 16.4 Å². The van der Waals surface area contributed by atoms with Crippen molar-refractivity contribution in [3.05, 3.63) is 34.3 Å². The molecule has 0 spiro atoms. The molecule has 15 heavy (non-hydrogen) atoms. The molecule has 3 heteroatoms. The van der Waals surface area contributed by atoms with Crippen LogP contribution in [0.4, 0.5) is 5.82 Å². The van der Waals surface area contributed by atoms with Crippen molar-refractivity contribution in [3.8, 4) is 0 Å². The van der Waals surface area contributed by atoms with Gasteiger partial charge in [0.2, 0.25) is 0 Å². The highest BCUT2D eigenvalue weighted by molar-refractivity contribution is 9.10. The predicted molar refractivity (Wildman–Crippen MR) is 68.3 cm³/mol. The fourth-order valence-electron chi connectivity index (χ4n) is 1.61. The van der Waals surface area contributed by atoms with Gasteiger partial charge in [-0.15, -0.1) is 0 Å². The zero-order chi connectivity index (χ0) is 10.8. The Labute approximate surface area is 97.8 Å². The van der Waals surface area contributed by atoms with Crippen LogP contribution in [0.2, 0.25) is 0 Å². The number of aromatic nitrogens is 1. The molecule has 0 unspecified atom stereocenters. The second-order valence-corrected chi connectivity index (χ2v) is 4.40. The Balaban J connectivity index is 2.60. The third kappa shape index (κ3) is 2.12. The van der Waals surface area contributed by atoms with Gasteiger partial charge in [-0.05, 0) is 59.6 Å². The molecule has 2 nitrogen and oxygen atoms in total. The van der Waals surface area contributed by atoms with Gasteiger partial charge in [0.25, 0.3) is 0 Å². The van der Waals surface area contributed by atoms with Crippen LogP contribution in [0, 0.1) is 6.92 Å². The molecule has 78 valence electrons. The van der Waals surface area contributed by atoms with Crippen molar-refractivity contribution >= 4 is 32.7 Å². The van der Waals surface area contributed by atoms with Crippen LogP contribution >= 0.6 is 15.9 Å². The average Bonchev–Trinajstić information content (AvgIpc) is 2.19. The molecule has 2 aromatic rings. The highest BCUT2D eigenvalue weighted by Crippen LogP contribution is 2.25. The van der Waals surface area contributed by atoms with Crippen LogP contribution in [0.5, 0.6) is 0 Å². The summed E-state index contributed by atoms with van der Waals surface area (Å²) < 4.78 is 1.05. The molecule has 0 bridgehead atoms. The van der Waals surface area contributed by atoms with Gasteiger partial charge in [-0.1, -0.05) is 0 Å². The van der Waals surface area contributed by atoms with Crippen LogP contribution in [0.25, 0.3) is 10.9 Å². The maximum atomic E-state index is 4.55. The summed E-state index contributed by atoms with van der Waals surface area (Å²) in [6.07, 6.45) is 0. The number of rotatable bonds is 2. The topological polar surface area (TPSA) is 24.9 Å². The van der Waals surface area contributed by atoms with Gasteiger partial charge in [0.15, 0.2) is 0 Å². The first-order valence-electron chi connectivity index (χ1n) is 5.01. The van der Waals surface area contributed by atoms with Crippen LogP contribution in [-0.2, 0) is 0 Å². The molecule has 0 aliphatic carbocycles. The van der Waals surface area contributed by atoms with E-state index in [-0.39, 0.29) is 0 Å². The maximum Gasteiger partial charge on any atom is 0.126 e. The molecule has 0 aliphatic rings. The molecule has 0 radical (unpaired) electrons. The minimum Gasteiger partial charge on any atom is -0.370 e. The predicted octanol–water partition coefficient (Wildman–Crippen LogP) is 3.74. The molecular weight excluding hydrogens is 252 g/mol. The molecule has 2 rings (SSSR count). The monoisotopic (exact) mass is 264 g/mol. The lowest BCUT2D eigenvalue weighted by Crippen LogP contribution is -1.99. The van der Waals surface area contributed by atoms with Gasteiger partial charge < -0.3 is 5.32 Å². The zero-order valence-electron chi connectivity index (χ0n) is 8.84. The Kier molecular flexibility index (Phi) is 2.91. The number of nitrogens with one attached hydrogen (secondary N) is 1. The summed E-state index contributed by atoms with van der Waals surface area (Å²) >= 11 is 3.54. The van der Waals surface area contributed by atoms with Crippen molar-refractivity contribution in [3.63, 3.8) is 0 Å². The van der Waals surface area contributed by atoms with Crippen molar-refractivity contribution in [1.82, 2.24) is 4.98 Å². The van der Waals surface area contributed by atoms with E-state index in [1.165, 1.54) is 10.9 Å². The number of halogens is 1. The summed E-state index contributed by atoms with van der Waals surface area (Å²) in [5.74, 6) is 0.926. The lowest BCUT2D eigenvalue weighted by Gasteiger charge is -2.06. The Morgan fingerprint density at radius 3 is 2.87 bits per heavy atom. The van der Waals surface area contributed by atoms with E-state index in [1.54, 1.807) is 0 Å². The zero-order valence-corrected chi connectivity index (χ0v) is 10.4. The molecule has 0 amide bonds. The van der Waals surface area contributed by atoms with E-state index in [9.17, 15) is 0 Å². The van der Waals surface area contributed by atoms with Gasteiger partial charge in [0.05, 0.1) is 5.52 Å². The van der Waals surface area contributed by atoms with Crippen molar-refractivity contribution in [1.29, 1.82) is 0 Å². The second kappa shape index (κ2) is 4.19. The number of anilines is 1. The third-order valence-corrected chi connectivity index (χ3v) is 2.85. The van der Waals surface area contributed by atoms with Gasteiger partial charge >= 0.3 is 0 Å². The first kappa shape index (κ1) is 10.4. The summed E-state index contributed by atoms with van der Waals surface area (Å²) in [5, 5.41) is 4.38. The van der Waals surface area contributed by atoms with E-state index in [0.29, 0.717) is 0 Å². The van der Waals surface area contributed by atoms with Crippen LogP contribution in [0.1, 0.15) is 12.5 Å². The minimum absolute atomic E-state index is 0.891. The van der Waals surface area contributed by atoms with Crippen molar-refractivity contribution in [2.24, 2.45) is 0 Å². The van der Waals surface area contributed by atoms with E-state index in [1.807, 2.05) is 6.07 Å². The van der Waals surface area contributed by atoms with Crippen LogP contribution in [-0.4, -0.2) is 11.5 Å². The molecule has 0 fully saturated rings. The van der Waals surface area contributed by atoms with Gasteiger partial charge in [-0.25, -0.2) is 4.98 Å². The molecule has 0 saturated carbocycles. The smallest absolute Gasteiger partial charge is 0.126 e. The van der Waals surface area contributed by atoms with E-state index >= 15 is 0 Å². The van der Waals surface area contributed by atoms with Crippen molar-refractivity contribution in [2.75, 3.05) is 11.9 Å². The lowest BCUT2D eigenvalue weighted by molar-refractivity contribution is 1.17. The van der Waals surface area contributed by atoms with Crippen LogP contribution < -0.4 is 5.32 Å². The highest BCUT2D eigenvalue weighted by atomic mass is 79.9. The van der Waals surface area contributed by atoms with Gasteiger partial charge in [-0.3, -0.25) is 0 Å². The number of pyridine rings is 1. The van der Waals surface area contributed by atoms with E-state index in [2.05, 4.69) is 58.3 Å². The number of nitrogens with zero attached hydrogens (tertiary/aromatic N) is 1. The Hall–Kier alpha value is -1.09. The van der Waals surface area contributed by atoms with Crippen LogP contribution in [0.3, 0.4) is 0 Å². The number of hydrogen-bond acceptors (Lipinski definition) is 2. The summed E-state index contributed by atoms with van der Waals surface area (Å²) in [6, 6.07) is 8.34. The molecule has 0 saturated heterocycles. The first-order valence-corrected chi connectivity index (χ1v) is 5.81. The Bertz CT molecular complexity index is 494. The molecule has 1 heterocycles. The van der Waals surface area contributed by atoms with Gasteiger partial charge in [-0.2, -0.15) is 0 Å². The number of fused-ring (bicyclic) bond motifs is 1. The normalized spacial score (nSPS) is 10.6. The largest absolute Gasteiger partial charge is 0.370 e. The van der Waals surface area contributed by atoms with Crippen LogP contribution in [0.15, 0.2) is 28.7 Å². The quantitative estimate of drug-likeness (QED) is 0.894. The molecule has 0 aliphatic heterocycles. The van der Waals surface area contributed by atoms with Crippen molar-refractivity contribution < 1.29 is 0 Å². The second-order valence-electron chi connectivity index (χ2n) is 3.55. The molecule has 1 aromatic carbocycles. The van der Waals surface area contributed by atoms with E-state index < -0.39 is 0 Å². The SMILES string of the molecule is CCNc1ccc2cc(C)cc(Br)c2n1. The molecule has 0 atom stereocenters. The summed E-state index contributed by atoms with van der Waals surface area (Å²) in [4.78, 5) is 4.55. The lowest BCUT2D eigenvalue weighted by atomic mass is 10.1. The fourth-order valence-corrected chi connectivity index (χ4v) is 2.29. The van der Waals surface area contributed by atoms with Crippen molar-refractivity contribution in [2.45, 2.75) is 13.8 Å². The van der Waals surface area contributed by atoms with E-state index in [4.69, 9.17) is 0 Å². The maximum absolute atomic E-state index is 4.55. The van der Waals surface area contributed by atoms with E-state index in [0.717, 1.165) is 22.4 Å². The van der Waals surface area contributed by atoms with Gasteiger partial charge in [0.1, 0.15) is 5.82 Å².